The van der Waals surface area contributed by atoms with Gasteiger partial charge in [-0.1, -0.05) is 71.4 Å². The lowest BCUT2D eigenvalue weighted by atomic mass is 10.1. The number of amides is 1. The van der Waals surface area contributed by atoms with Gasteiger partial charge in [0.2, 0.25) is 0 Å². The van der Waals surface area contributed by atoms with Crippen LogP contribution >= 0.6 is 23.4 Å². The Labute approximate surface area is 201 Å². The Bertz CT molecular complexity index is 1270. The summed E-state index contributed by atoms with van der Waals surface area (Å²) in [6.45, 7) is 3.89. The smallest absolute Gasteiger partial charge is 0.250 e. The predicted octanol–water partition coefficient (Wildman–Crippen LogP) is 5.53. The second-order valence-corrected chi connectivity index (χ2v) is 8.75. The van der Waals surface area contributed by atoms with Gasteiger partial charge in [-0.05, 0) is 55.8 Å². The van der Waals surface area contributed by atoms with Crippen molar-refractivity contribution in [1.82, 2.24) is 20.2 Å². The molecule has 1 amide bonds. The summed E-state index contributed by atoms with van der Waals surface area (Å²) in [7, 11) is 0. The van der Waals surface area contributed by atoms with Crippen LogP contribution in [0.2, 0.25) is 5.02 Å². The number of benzene rings is 3. The van der Waals surface area contributed by atoms with Crippen LogP contribution in [0, 0.1) is 6.92 Å². The highest BCUT2D eigenvalue weighted by Crippen LogP contribution is 2.28. The predicted molar refractivity (Wildman–Crippen MR) is 134 cm³/mol. The third kappa shape index (κ3) is 5.69. The van der Waals surface area contributed by atoms with Gasteiger partial charge in [-0.3, -0.25) is 9.36 Å². The van der Waals surface area contributed by atoms with Crippen molar-refractivity contribution < 1.29 is 4.79 Å². The van der Waals surface area contributed by atoms with E-state index >= 15 is 0 Å². The maximum absolute atomic E-state index is 12.4. The van der Waals surface area contributed by atoms with E-state index in [2.05, 4.69) is 20.7 Å². The average Bonchev–Trinajstić information content (AvgIpc) is 3.26. The Kier molecular flexibility index (Phi) is 7.22. The Morgan fingerprint density at radius 3 is 2.39 bits per heavy atom. The molecule has 0 spiro atoms. The molecule has 0 saturated heterocycles. The molecule has 1 heterocycles. The number of rotatable bonds is 7. The number of hydrogen-bond acceptors (Lipinski definition) is 5. The molecule has 1 aromatic heterocycles. The number of aryl methyl sites for hydroxylation is 1. The third-order valence-electron chi connectivity index (χ3n) is 4.90. The quantitative estimate of drug-likeness (QED) is 0.217. The van der Waals surface area contributed by atoms with Gasteiger partial charge in [-0.25, -0.2) is 5.43 Å². The van der Waals surface area contributed by atoms with Gasteiger partial charge in [0.1, 0.15) is 0 Å². The summed E-state index contributed by atoms with van der Waals surface area (Å²) >= 11 is 7.35. The largest absolute Gasteiger partial charge is 0.272 e. The van der Waals surface area contributed by atoms with Crippen molar-refractivity contribution in [3.8, 4) is 17.1 Å². The van der Waals surface area contributed by atoms with Gasteiger partial charge >= 0.3 is 0 Å². The monoisotopic (exact) mass is 475 g/mol. The van der Waals surface area contributed by atoms with Crippen LogP contribution < -0.4 is 5.43 Å². The molecule has 1 N–H and O–H groups in total. The normalized spacial score (nSPS) is 11.4. The highest BCUT2D eigenvalue weighted by atomic mass is 35.5. The molecule has 0 bridgehead atoms. The molecule has 0 aliphatic carbocycles. The first-order chi connectivity index (χ1) is 16.0. The third-order valence-corrected chi connectivity index (χ3v) is 6.08. The van der Waals surface area contributed by atoms with Gasteiger partial charge in [0.05, 0.1) is 11.5 Å². The molecule has 0 radical (unpaired) electrons. The van der Waals surface area contributed by atoms with Crippen LogP contribution in [0.4, 0.5) is 0 Å². The molecule has 166 valence electrons. The number of nitrogens with one attached hydrogen (secondary N) is 1. The molecule has 4 aromatic rings. The molecule has 6 nitrogen and oxygen atoms in total. The van der Waals surface area contributed by atoms with E-state index in [1.54, 1.807) is 0 Å². The van der Waals surface area contributed by atoms with Crippen molar-refractivity contribution in [2.45, 2.75) is 19.0 Å². The number of hydrogen-bond donors (Lipinski definition) is 1. The van der Waals surface area contributed by atoms with Crippen LogP contribution in [0.1, 0.15) is 18.1 Å². The number of aromatic nitrogens is 3. The van der Waals surface area contributed by atoms with Crippen LogP contribution in [-0.4, -0.2) is 32.1 Å². The summed E-state index contributed by atoms with van der Waals surface area (Å²) in [6.07, 6.45) is 0. The topological polar surface area (TPSA) is 72.2 Å². The fraction of sp³-hybridized carbons (Fsp3) is 0.120. The molecule has 0 aliphatic heterocycles. The molecule has 0 aliphatic rings. The van der Waals surface area contributed by atoms with Crippen LogP contribution in [-0.2, 0) is 4.79 Å². The molecule has 0 atom stereocenters. The molecule has 0 fully saturated rings. The minimum absolute atomic E-state index is 0.149. The number of halogens is 1. The van der Waals surface area contributed by atoms with E-state index in [9.17, 15) is 4.79 Å². The van der Waals surface area contributed by atoms with Crippen molar-refractivity contribution in [2.24, 2.45) is 5.10 Å². The zero-order chi connectivity index (χ0) is 23.2. The van der Waals surface area contributed by atoms with Crippen molar-refractivity contribution >= 4 is 35.0 Å². The van der Waals surface area contributed by atoms with E-state index in [-0.39, 0.29) is 11.7 Å². The zero-order valence-electron chi connectivity index (χ0n) is 18.2. The fourth-order valence-corrected chi connectivity index (χ4v) is 4.00. The zero-order valence-corrected chi connectivity index (χ0v) is 19.8. The SMILES string of the molecule is CC(=NNC(=O)CSc1nnc(-c2ccc(Cl)cc2)n1-c1ccc(C)cc1)c1ccccc1. The Balaban J connectivity index is 1.54. The first-order valence-electron chi connectivity index (χ1n) is 10.3. The highest BCUT2D eigenvalue weighted by molar-refractivity contribution is 7.99. The molecule has 33 heavy (non-hydrogen) atoms. The van der Waals surface area contributed by atoms with Gasteiger partial charge in [0.25, 0.3) is 5.91 Å². The lowest BCUT2D eigenvalue weighted by molar-refractivity contribution is -0.118. The van der Waals surface area contributed by atoms with E-state index in [1.165, 1.54) is 11.8 Å². The van der Waals surface area contributed by atoms with Crippen molar-refractivity contribution in [1.29, 1.82) is 0 Å². The van der Waals surface area contributed by atoms with Crippen molar-refractivity contribution in [2.75, 3.05) is 5.75 Å². The molecule has 8 heteroatoms. The standard InChI is InChI=1S/C25H22ClN5OS/c1-17-8-14-22(15-9-17)31-24(20-10-12-21(26)13-11-20)29-30-25(31)33-16-23(32)28-27-18(2)19-6-4-3-5-7-19/h3-15H,16H2,1-2H3,(H,28,32). The fourth-order valence-electron chi connectivity index (χ4n) is 3.13. The second kappa shape index (κ2) is 10.5. The van der Waals surface area contributed by atoms with Gasteiger partial charge in [0.15, 0.2) is 11.0 Å². The lowest BCUT2D eigenvalue weighted by Gasteiger charge is -2.11. The van der Waals surface area contributed by atoms with Crippen molar-refractivity contribution in [3.63, 3.8) is 0 Å². The summed E-state index contributed by atoms with van der Waals surface area (Å²) in [5.41, 5.74) is 7.26. The Morgan fingerprint density at radius 2 is 1.70 bits per heavy atom. The highest BCUT2D eigenvalue weighted by Gasteiger charge is 2.17. The number of nitrogens with zero attached hydrogens (tertiary/aromatic N) is 4. The molecular weight excluding hydrogens is 454 g/mol. The van der Waals surface area contributed by atoms with Gasteiger partial charge < -0.3 is 0 Å². The Morgan fingerprint density at radius 1 is 1.00 bits per heavy atom. The molecule has 0 unspecified atom stereocenters. The molecule has 4 rings (SSSR count). The van der Waals surface area contributed by atoms with E-state index < -0.39 is 0 Å². The summed E-state index contributed by atoms with van der Waals surface area (Å²) < 4.78 is 1.94. The Hall–Kier alpha value is -3.42. The van der Waals surface area contributed by atoms with Crippen molar-refractivity contribution in [3.05, 3.63) is 95.0 Å². The molecule has 3 aromatic carbocycles. The number of carbonyl (C=O) groups excluding carboxylic acids is 1. The number of carbonyl (C=O) groups is 1. The van der Waals surface area contributed by atoms with Crippen LogP contribution in [0.5, 0.6) is 0 Å². The minimum atomic E-state index is -0.221. The van der Waals surface area contributed by atoms with Gasteiger partial charge in [0, 0.05) is 16.3 Å². The first kappa shape index (κ1) is 22.8. The summed E-state index contributed by atoms with van der Waals surface area (Å²) in [5.74, 6) is 0.606. The first-order valence-corrected chi connectivity index (χ1v) is 11.7. The molecule has 0 saturated carbocycles. The van der Waals surface area contributed by atoms with Gasteiger partial charge in [-0.15, -0.1) is 10.2 Å². The number of hydrazone groups is 1. The van der Waals surface area contributed by atoms with E-state index in [0.29, 0.717) is 16.0 Å². The average molecular weight is 476 g/mol. The van der Waals surface area contributed by atoms with E-state index in [0.717, 1.165) is 28.1 Å². The van der Waals surface area contributed by atoms with Crippen LogP contribution in [0.15, 0.2) is 89.1 Å². The second-order valence-electron chi connectivity index (χ2n) is 7.37. The van der Waals surface area contributed by atoms with Crippen LogP contribution in [0.3, 0.4) is 0 Å². The van der Waals surface area contributed by atoms with E-state index in [4.69, 9.17) is 11.6 Å². The summed E-state index contributed by atoms with van der Waals surface area (Å²) in [5, 5.41) is 14.2. The van der Waals surface area contributed by atoms with E-state index in [1.807, 2.05) is 97.3 Å². The lowest BCUT2D eigenvalue weighted by Crippen LogP contribution is -2.21. The van der Waals surface area contributed by atoms with Gasteiger partial charge in [-0.2, -0.15) is 5.10 Å². The number of thioether (sulfide) groups is 1. The maximum Gasteiger partial charge on any atom is 0.250 e. The van der Waals surface area contributed by atoms with Crippen LogP contribution in [0.25, 0.3) is 17.1 Å². The maximum atomic E-state index is 12.4. The summed E-state index contributed by atoms with van der Waals surface area (Å²) in [6, 6.07) is 25.2. The summed E-state index contributed by atoms with van der Waals surface area (Å²) in [4.78, 5) is 12.4. The minimum Gasteiger partial charge on any atom is -0.272 e. The molecular formula is C25H22ClN5OS.